The van der Waals surface area contributed by atoms with Crippen molar-refractivity contribution in [3.05, 3.63) is 28.8 Å². The summed E-state index contributed by atoms with van der Waals surface area (Å²) in [5.74, 6) is 1.01. The van der Waals surface area contributed by atoms with Gasteiger partial charge in [-0.2, -0.15) is 0 Å². The molecule has 0 aromatic heterocycles. The van der Waals surface area contributed by atoms with Crippen LogP contribution in [0.15, 0.2) is 12.1 Å². The first-order valence-electron chi connectivity index (χ1n) is 7.64. The molecule has 112 valence electrons. The molecule has 1 aliphatic rings. The number of aliphatic hydroxyl groups excluding tert-OH is 1. The summed E-state index contributed by atoms with van der Waals surface area (Å²) in [4.78, 5) is 2.57. The molecule has 0 saturated carbocycles. The first-order valence-corrected chi connectivity index (χ1v) is 7.64. The molecule has 20 heavy (non-hydrogen) atoms. The second-order valence-electron chi connectivity index (χ2n) is 5.90. The third kappa shape index (κ3) is 3.53. The second-order valence-corrected chi connectivity index (χ2v) is 5.90. The minimum absolute atomic E-state index is 0.311. The zero-order chi connectivity index (χ0) is 14.5. The summed E-state index contributed by atoms with van der Waals surface area (Å²) in [6.07, 6.45) is 4.59. The summed E-state index contributed by atoms with van der Waals surface area (Å²) < 4.78 is 5.43. The Bertz CT molecular complexity index is 422. The van der Waals surface area contributed by atoms with E-state index in [1.54, 1.807) is 7.11 Å². The molecule has 0 bridgehead atoms. The molecule has 0 radical (unpaired) electrons. The first-order chi connectivity index (χ1) is 9.65. The maximum absolute atomic E-state index is 9.00. The van der Waals surface area contributed by atoms with E-state index in [0.29, 0.717) is 12.6 Å². The third-order valence-corrected chi connectivity index (χ3v) is 4.30. The second kappa shape index (κ2) is 7.09. The van der Waals surface area contributed by atoms with Crippen LogP contribution in [0.3, 0.4) is 0 Å². The van der Waals surface area contributed by atoms with Gasteiger partial charge in [-0.15, -0.1) is 0 Å². The molecule has 3 heteroatoms. The highest BCUT2D eigenvalue weighted by Gasteiger charge is 2.24. The van der Waals surface area contributed by atoms with Crippen LogP contribution in [-0.2, 0) is 6.54 Å². The molecule has 0 aliphatic carbocycles. The van der Waals surface area contributed by atoms with Crippen molar-refractivity contribution >= 4 is 0 Å². The van der Waals surface area contributed by atoms with E-state index in [1.165, 1.54) is 36.1 Å². The van der Waals surface area contributed by atoms with E-state index in [0.717, 1.165) is 25.1 Å². The van der Waals surface area contributed by atoms with Gasteiger partial charge in [0.2, 0.25) is 0 Å². The summed E-state index contributed by atoms with van der Waals surface area (Å²) in [6.45, 7) is 6.73. The van der Waals surface area contributed by atoms with Crippen LogP contribution < -0.4 is 4.74 Å². The molecule has 3 nitrogen and oxygen atoms in total. The lowest BCUT2D eigenvalue weighted by Gasteiger charge is -2.25. The van der Waals surface area contributed by atoms with Crippen LogP contribution in [-0.4, -0.2) is 36.3 Å². The highest BCUT2D eigenvalue weighted by molar-refractivity contribution is 5.43. The number of rotatable bonds is 6. The lowest BCUT2D eigenvalue weighted by molar-refractivity contribution is 0.210. The minimum atomic E-state index is 0.311. The Hall–Kier alpha value is -1.06. The average molecular weight is 277 g/mol. The van der Waals surface area contributed by atoms with Crippen LogP contribution >= 0.6 is 0 Å². The SMILES string of the molecule is COc1c(C)cc(CN2CCCC2CCCO)cc1C. The van der Waals surface area contributed by atoms with Crippen LogP contribution in [0.25, 0.3) is 0 Å². The summed E-state index contributed by atoms with van der Waals surface area (Å²) >= 11 is 0. The maximum atomic E-state index is 9.00. The van der Waals surface area contributed by atoms with Gasteiger partial charge in [-0.05, 0) is 62.8 Å². The predicted octanol–water partition coefficient (Wildman–Crippen LogP) is 3.05. The van der Waals surface area contributed by atoms with Crippen LogP contribution in [0.5, 0.6) is 5.75 Å². The Balaban J connectivity index is 2.05. The zero-order valence-electron chi connectivity index (χ0n) is 13.0. The normalized spacial score (nSPS) is 19.5. The molecule has 1 aliphatic heterocycles. The van der Waals surface area contributed by atoms with Gasteiger partial charge in [0.25, 0.3) is 0 Å². The Morgan fingerprint density at radius 1 is 1.30 bits per heavy atom. The Labute approximate surface area is 122 Å². The fourth-order valence-corrected chi connectivity index (χ4v) is 3.44. The van der Waals surface area contributed by atoms with Crippen molar-refractivity contribution < 1.29 is 9.84 Å². The van der Waals surface area contributed by atoms with Crippen LogP contribution in [0.4, 0.5) is 0 Å². The van der Waals surface area contributed by atoms with E-state index in [9.17, 15) is 0 Å². The van der Waals surface area contributed by atoms with Crippen molar-refractivity contribution in [3.63, 3.8) is 0 Å². The van der Waals surface area contributed by atoms with E-state index in [2.05, 4.69) is 30.9 Å². The van der Waals surface area contributed by atoms with E-state index in [-0.39, 0.29) is 0 Å². The van der Waals surface area contributed by atoms with Gasteiger partial charge < -0.3 is 9.84 Å². The van der Waals surface area contributed by atoms with Crippen molar-refractivity contribution in [3.8, 4) is 5.75 Å². The number of benzene rings is 1. The lowest BCUT2D eigenvalue weighted by Crippen LogP contribution is -2.29. The molecule has 1 atom stereocenters. The van der Waals surface area contributed by atoms with Crippen molar-refractivity contribution in [1.29, 1.82) is 0 Å². The molecule has 1 unspecified atom stereocenters. The third-order valence-electron chi connectivity index (χ3n) is 4.30. The number of nitrogens with zero attached hydrogens (tertiary/aromatic N) is 1. The van der Waals surface area contributed by atoms with E-state index in [1.807, 2.05) is 0 Å². The quantitative estimate of drug-likeness (QED) is 0.867. The lowest BCUT2D eigenvalue weighted by atomic mass is 10.0. The van der Waals surface area contributed by atoms with E-state index in [4.69, 9.17) is 9.84 Å². The number of aryl methyl sites for hydroxylation is 2. The van der Waals surface area contributed by atoms with Crippen molar-refractivity contribution in [2.24, 2.45) is 0 Å². The highest BCUT2D eigenvalue weighted by Crippen LogP contribution is 2.28. The average Bonchev–Trinajstić information content (AvgIpc) is 2.83. The molecular formula is C17H27NO2. The molecule has 0 spiro atoms. The Morgan fingerprint density at radius 3 is 2.60 bits per heavy atom. The van der Waals surface area contributed by atoms with Gasteiger partial charge >= 0.3 is 0 Å². The molecule has 1 aromatic rings. The van der Waals surface area contributed by atoms with Crippen LogP contribution in [0, 0.1) is 13.8 Å². The minimum Gasteiger partial charge on any atom is -0.496 e. The predicted molar refractivity (Wildman–Crippen MR) is 82.2 cm³/mol. The fourth-order valence-electron chi connectivity index (χ4n) is 3.44. The van der Waals surface area contributed by atoms with E-state index < -0.39 is 0 Å². The number of likely N-dealkylation sites (tertiary alicyclic amines) is 1. The largest absolute Gasteiger partial charge is 0.496 e. The topological polar surface area (TPSA) is 32.7 Å². The van der Waals surface area contributed by atoms with E-state index >= 15 is 0 Å². The van der Waals surface area contributed by atoms with Gasteiger partial charge in [-0.3, -0.25) is 4.90 Å². The molecule has 1 fully saturated rings. The van der Waals surface area contributed by atoms with Gasteiger partial charge in [-0.25, -0.2) is 0 Å². The van der Waals surface area contributed by atoms with Crippen molar-refractivity contribution in [2.75, 3.05) is 20.3 Å². The molecule has 1 aromatic carbocycles. The fraction of sp³-hybridized carbons (Fsp3) is 0.647. The Kier molecular flexibility index (Phi) is 5.44. The van der Waals surface area contributed by atoms with Gasteiger partial charge in [0, 0.05) is 19.2 Å². The number of hydrogen-bond acceptors (Lipinski definition) is 3. The maximum Gasteiger partial charge on any atom is 0.124 e. The first kappa shape index (κ1) is 15.3. The molecule has 1 N–H and O–H groups in total. The monoisotopic (exact) mass is 277 g/mol. The van der Waals surface area contributed by atoms with Crippen molar-refractivity contribution in [2.45, 2.75) is 52.1 Å². The molecule has 1 heterocycles. The molecular weight excluding hydrogens is 250 g/mol. The number of ether oxygens (including phenoxy) is 1. The molecule has 0 amide bonds. The Morgan fingerprint density at radius 2 is 2.00 bits per heavy atom. The summed E-state index contributed by atoms with van der Waals surface area (Å²) in [5.41, 5.74) is 3.80. The van der Waals surface area contributed by atoms with Crippen LogP contribution in [0.2, 0.25) is 0 Å². The summed E-state index contributed by atoms with van der Waals surface area (Å²) in [7, 11) is 1.74. The highest BCUT2D eigenvalue weighted by atomic mass is 16.5. The zero-order valence-corrected chi connectivity index (χ0v) is 13.0. The van der Waals surface area contributed by atoms with Gasteiger partial charge in [0.15, 0.2) is 0 Å². The number of methoxy groups -OCH3 is 1. The van der Waals surface area contributed by atoms with Gasteiger partial charge in [0.05, 0.1) is 7.11 Å². The molecule has 2 rings (SSSR count). The van der Waals surface area contributed by atoms with Crippen molar-refractivity contribution in [1.82, 2.24) is 4.90 Å². The number of hydrogen-bond donors (Lipinski definition) is 1. The van der Waals surface area contributed by atoms with Gasteiger partial charge in [0.1, 0.15) is 5.75 Å². The van der Waals surface area contributed by atoms with Crippen LogP contribution in [0.1, 0.15) is 42.4 Å². The van der Waals surface area contributed by atoms with Gasteiger partial charge in [-0.1, -0.05) is 12.1 Å². The molecule has 1 saturated heterocycles. The summed E-state index contributed by atoms with van der Waals surface area (Å²) in [5, 5.41) is 9.00. The summed E-state index contributed by atoms with van der Waals surface area (Å²) in [6, 6.07) is 5.13. The number of aliphatic hydroxyl groups is 1. The standard InChI is InChI=1S/C17H27NO2/c1-13-10-15(11-14(2)17(13)20-3)12-18-8-4-6-16(18)7-5-9-19/h10-11,16,19H,4-9,12H2,1-3H3. The smallest absolute Gasteiger partial charge is 0.124 e.